The molecule has 0 aliphatic carbocycles. The summed E-state index contributed by atoms with van der Waals surface area (Å²) in [6.07, 6.45) is 0.949. The second-order valence-electron chi connectivity index (χ2n) is 4.51. The summed E-state index contributed by atoms with van der Waals surface area (Å²) < 4.78 is 0. The molecule has 2 nitrogen and oxygen atoms in total. The zero-order valence-corrected chi connectivity index (χ0v) is 11.8. The van der Waals surface area contributed by atoms with Crippen LogP contribution in [0.25, 0.3) is 0 Å². The molecule has 0 bridgehead atoms. The molecule has 1 aromatic heterocycles. The molecule has 0 aliphatic heterocycles. The Morgan fingerprint density at radius 3 is 2.50 bits per heavy atom. The van der Waals surface area contributed by atoms with Crippen LogP contribution in [0.15, 0.2) is 41.8 Å². The Balaban J connectivity index is 2.11. The first kappa shape index (κ1) is 13.1. The Bertz CT molecular complexity index is 462. The van der Waals surface area contributed by atoms with Gasteiger partial charge in [0.05, 0.1) is 6.04 Å². The quantitative estimate of drug-likeness (QED) is 0.892. The fourth-order valence-electron chi connectivity index (χ4n) is 2.01. The van der Waals surface area contributed by atoms with Crippen LogP contribution in [-0.2, 0) is 6.42 Å². The first-order valence-electron chi connectivity index (χ1n) is 6.27. The van der Waals surface area contributed by atoms with Crippen molar-refractivity contribution in [3.63, 3.8) is 0 Å². The van der Waals surface area contributed by atoms with E-state index in [-0.39, 0.29) is 0 Å². The lowest BCUT2D eigenvalue weighted by molar-refractivity contribution is 0.754. The van der Waals surface area contributed by atoms with Crippen LogP contribution >= 0.6 is 11.3 Å². The highest BCUT2D eigenvalue weighted by molar-refractivity contribution is 7.10. The summed E-state index contributed by atoms with van der Waals surface area (Å²) in [5, 5.41) is 2.13. The van der Waals surface area contributed by atoms with Crippen LogP contribution in [0.3, 0.4) is 0 Å². The first-order chi connectivity index (χ1) is 8.72. The fraction of sp³-hybridized carbons (Fsp3) is 0.333. The predicted octanol–water partition coefficient (Wildman–Crippen LogP) is 3.45. The summed E-state index contributed by atoms with van der Waals surface area (Å²) in [7, 11) is 2.14. The van der Waals surface area contributed by atoms with Gasteiger partial charge in [-0.2, -0.15) is 0 Å². The van der Waals surface area contributed by atoms with Crippen molar-refractivity contribution in [2.75, 3.05) is 18.5 Å². The van der Waals surface area contributed by atoms with E-state index < -0.39 is 0 Å². The van der Waals surface area contributed by atoms with Crippen LogP contribution in [-0.4, -0.2) is 13.6 Å². The largest absolute Gasteiger partial charge is 0.367 e. The number of nitrogens with two attached hydrogens (primary N) is 1. The third kappa shape index (κ3) is 2.92. The molecule has 0 fully saturated rings. The molecule has 1 heterocycles. The summed E-state index contributed by atoms with van der Waals surface area (Å²) in [6, 6.07) is 13.4. The number of rotatable bonds is 5. The Morgan fingerprint density at radius 1 is 1.22 bits per heavy atom. The van der Waals surface area contributed by atoms with E-state index in [1.165, 1.54) is 16.1 Å². The van der Waals surface area contributed by atoms with Gasteiger partial charge in [0.1, 0.15) is 0 Å². The smallest absolute Gasteiger partial charge is 0.0603 e. The number of thiophene rings is 1. The molecular weight excluding hydrogens is 240 g/mol. The third-order valence-corrected chi connectivity index (χ3v) is 4.36. The highest BCUT2D eigenvalue weighted by Crippen LogP contribution is 2.28. The van der Waals surface area contributed by atoms with E-state index in [0.29, 0.717) is 12.6 Å². The van der Waals surface area contributed by atoms with Gasteiger partial charge in [-0.15, -0.1) is 11.3 Å². The van der Waals surface area contributed by atoms with Crippen molar-refractivity contribution in [1.29, 1.82) is 0 Å². The molecule has 0 spiro atoms. The van der Waals surface area contributed by atoms with Crippen LogP contribution in [0.5, 0.6) is 0 Å². The van der Waals surface area contributed by atoms with Crippen LogP contribution in [0, 0.1) is 0 Å². The molecule has 3 heteroatoms. The van der Waals surface area contributed by atoms with Gasteiger partial charge in [-0.05, 0) is 49.0 Å². The van der Waals surface area contributed by atoms with E-state index in [9.17, 15) is 0 Å². The lowest BCUT2D eigenvalue weighted by Gasteiger charge is -2.26. The SMILES string of the molecule is CC(c1cccs1)N(C)c1ccc(CCN)cc1. The van der Waals surface area contributed by atoms with Gasteiger partial charge in [-0.25, -0.2) is 0 Å². The average Bonchev–Trinajstić information content (AvgIpc) is 2.92. The molecule has 0 aliphatic rings. The van der Waals surface area contributed by atoms with Crippen LogP contribution in [0.4, 0.5) is 5.69 Å². The van der Waals surface area contributed by atoms with Crippen LogP contribution < -0.4 is 10.6 Å². The zero-order valence-electron chi connectivity index (χ0n) is 11.0. The Morgan fingerprint density at radius 2 is 1.94 bits per heavy atom. The molecular formula is C15H20N2S. The summed E-state index contributed by atoms with van der Waals surface area (Å²) in [4.78, 5) is 3.70. The van der Waals surface area contributed by atoms with Gasteiger partial charge < -0.3 is 10.6 Å². The van der Waals surface area contributed by atoms with Crippen molar-refractivity contribution >= 4 is 17.0 Å². The topological polar surface area (TPSA) is 29.3 Å². The lowest BCUT2D eigenvalue weighted by Crippen LogP contribution is -2.20. The minimum Gasteiger partial charge on any atom is -0.367 e. The minimum absolute atomic E-state index is 0.408. The van der Waals surface area contributed by atoms with E-state index in [1.807, 2.05) is 11.3 Å². The highest BCUT2D eigenvalue weighted by Gasteiger charge is 2.12. The average molecular weight is 260 g/mol. The molecule has 1 atom stereocenters. The van der Waals surface area contributed by atoms with Crippen molar-refractivity contribution in [2.24, 2.45) is 5.73 Å². The summed E-state index contributed by atoms with van der Waals surface area (Å²) in [5.41, 5.74) is 8.11. The third-order valence-electron chi connectivity index (χ3n) is 3.31. The molecule has 1 aromatic carbocycles. The van der Waals surface area contributed by atoms with Gasteiger partial charge in [0, 0.05) is 17.6 Å². The second kappa shape index (κ2) is 6.03. The Kier molecular flexibility index (Phi) is 4.39. The maximum absolute atomic E-state index is 5.56. The van der Waals surface area contributed by atoms with Crippen LogP contribution in [0.2, 0.25) is 0 Å². The van der Waals surface area contributed by atoms with E-state index >= 15 is 0 Å². The number of hydrogen-bond acceptors (Lipinski definition) is 3. The van der Waals surface area contributed by atoms with Crippen LogP contribution in [0.1, 0.15) is 23.4 Å². The maximum Gasteiger partial charge on any atom is 0.0603 e. The van der Waals surface area contributed by atoms with Crippen molar-refractivity contribution in [2.45, 2.75) is 19.4 Å². The van der Waals surface area contributed by atoms with Gasteiger partial charge in [0.25, 0.3) is 0 Å². The van der Waals surface area contributed by atoms with Gasteiger partial charge in [-0.1, -0.05) is 18.2 Å². The van der Waals surface area contributed by atoms with Gasteiger partial charge >= 0.3 is 0 Å². The summed E-state index contributed by atoms with van der Waals surface area (Å²) >= 11 is 1.81. The number of nitrogens with zero attached hydrogens (tertiary/aromatic N) is 1. The van der Waals surface area contributed by atoms with E-state index in [4.69, 9.17) is 5.73 Å². The molecule has 0 saturated carbocycles. The second-order valence-corrected chi connectivity index (χ2v) is 5.49. The highest BCUT2D eigenvalue weighted by atomic mass is 32.1. The molecule has 96 valence electrons. The lowest BCUT2D eigenvalue weighted by atomic mass is 10.1. The standard InChI is InChI=1S/C15H20N2S/c1-12(15-4-3-11-18-15)17(2)14-7-5-13(6-8-14)9-10-16/h3-8,11-12H,9-10,16H2,1-2H3. The molecule has 18 heavy (non-hydrogen) atoms. The van der Waals surface area contributed by atoms with Gasteiger partial charge in [0.2, 0.25) is 0 Å². The van der Waals surface area contributed by atoms with E-state index in [0.717, 1.165) is 6.42 Å². The summed E-state index contributed by atoms with van der Waals surface area (Å²) in [6.45, 7) is 2.94. The Hall–Kier alpha value is -1.32. The normalized spacial score (nSPS) is 12.4. The minimum atomic E-state index is 0.408. The Labute approximate surface area is 113 Å². The van der Waals surface area contributed by atoms with E-state index in [1.54, 1.807) is 0 Å². The monoisotopic (exact) mass is 260 g/mol. The maximum atomic E-state index is 5.56. The van der Waals surface area contributed by atoms with Crippen molar-refractivity contribution in [3.05, 3.63) is 52.2 Å². The first-order valence-corrected chi connectivity index (χ1v) is 7.15. The molecule has 0 saturated heterocycles. The zero-order chi connectivity index (χ0) is 13.0. The van der Waals surface area contributed by atoms with Crippen molar-refractivity contribution in [1.82, 2.24) is 0 Å². The molecule has 0 radical (unpaired) electrons. The van der Waals surface area contributed by atoms with Gasteiger partial charge in [0.15, 0.2) is 0 Å². The van der Waals surface area contributed by atoms with E-state index in [2.05, 4.69) is 60.6 Å². The number of hydrogen-bond donors (Lipinski definition) is 1. The van der Waals surface area contributed by atoms with Crippen molar-refractivity contribution in [3.8, 4) is 0 Å². The molecule has 0 amide bonds. The molecule has 1 unspecified atom stereocenters. The van der Waals surface area contributed by atoms with Gasteiger partial charge in [-0.3, -0.25) is 0 Å². The molecule has 2 rings (SSSR count). The van der Waals surface area contributed by atoms with Crippen molar-refractivity contribution < 1.29 is 0 Å². The predicted molar refractivity (Wildman–Crippen MR) is 80.3 cm³/mol. The molecule has 2 N–H and O–H groups in total. The molecule has 2 aromatic rings. The summed E-state index contributed by atoms with van der Waals surface area (Å²) in [5.74, 6) is 0. The number of benzene rings is 1. The fourth-order valence-corrected chi connectivity index (χ4v) is 2.83. The number of anilines is 1.